The molecular formula is C10H12F2N6. The van der Waals surface area contributed by atoms with Gasteiger partial charge >= 0.3 is 0 Å². The lowest BCUT2D eigenvalue weighted by molar-refractivity contribution is 0.137. The molecule has 0 aromatic carbocycles. The highest BCUT2D eigenvalue weighted by Crippen LogP contribution is 2.18. The van der Waals surface area contributed by atoms with Gasteiger partial charge in [-0.05, 0) is 12.1 Å². The van der Waals surface area contributed by atoms with Crippen LogP contribution in [0.1, 0.15) is 12.2 Å². The highest BCUT2D eigenvalue weighted by molar-refractivity contribution is 5.46. The number of nitrogens with one attached hydrogen (secondary N) is 1. The minimum atomic E-state index is -2.68. The number of nitrogens with zero attached hydrogens (tertiary/aromatic N) is 5. The summed E-state index contributed by atoms with van der Waals surface area (Å²) in [5.74, 6) is 0.257. The molecular weight excluding hydrogens is 242 g/mol. The van der Waals surface area contributed by atoms with Gasteiger partial charge in [-0.2, -0.15) is 4.52 Å². The Morgan fingerprint density at radius 1 is 1.17 bits per heavy atom. The average Bonchev–Trinajstić information content (AvgIpc) is 2.82. The van der Waals surface area contributed by atoms with Crippen LogP contribution in [0.4, 0.5) is 14.6 Å². The fourth-order valence-corrected chi connectivity index (χ4v) is 1.99. The zero-order valence-corrected chi connectivity index (χ0v) is 9.55. The maximum Gasteiger partial charge on any atom is 0.299 e. The number of rotatable bonds is 2. The van der Waals surface area contributed by atoms with Crippen molar-refractivity contribution in [1.29, 1.82) is 0 Å². The first kappa shape index (κ1) is 11.3. The van der Waals surface area contributed by atoms with E-state index < -0.39 is 12.2 Å². The molecule has 96 valence electrons. The molecule has 1 aliphatic heterocycles. The Bertz CT molecular complexity index is 548. The minimum Gasteiger partial charge on any atom is -0.353 e. The van der Waals surface area contributed by atoms with Crippen LogP contribution in [-0.4, -0.2) is 46.0 Å². The molecule has 0 unspecified atom stereocenters. The van der Waals surface area contributed by atoms with E-state index >= 15 is 0 Å². The van der Waals surface area contributed by atoms with E-state index in [2.05, 4.69) is 20.6 Å². The van der Waals surface area contributed by atoms with Crippen LogP contribution in [0.3, 0.4) is 0 Å². The largest absolute Gasteiger partial charge is 0.353 e. The van der Waals surface area contributed by atoms with Gasteiger partial charge in [-0.3, -0.25) is 0 Å². The molecule has 0 atom stereocenters. The van der Waals surface area contributed by atoms with Crippen LogP contribution in [0, 0.1) is 0 Å². The molecule has 0 saturated carbocycles. The van der Waals surface area contributed by atoms with E-state index in [1.165, 1.54) is 0 Å². The molecule has 1 aliphatic rings. The number of alkyl halides is 2. The van der Waals surface area contributed by atoms with Gasteiger partial charge in [-0.1, -0.05) is 0 Å². The van der Waals surface area contributed by atoms with Gasteiger partial charge in [0.1, 0.15) is 5.82 Å². The van der Waals surface area contributed by atoms with Crippen molar-refractivity contribution < 1.29 is 8.78 Å². The first-order valence-electron chi connectivity index (χ1n) is 5.72. The number of hydrogen-bond acceptors (Lipinski definition) is 5. The Hall–Kier alpha value is -1.83. The Labute approximate surface area is 102 Å². The summed E-state index contributed by atoms with van der Waals surface area (Å²) in [4.78, 5) is 2.05. The number of anilines is 1. The molecule has 6 nitrogen and oxygen atoms in total. The number of halogens is 2. The van der Waals surface area contributed by atoms with E-state index in [1.54, 1.807) is 12.1 Å². The van der Waals surface area contributed by atoms with Crippen LogP contribution in [-0.2, 0) is 0 Å². The quantitative estimate of drug-likeness (QED) is 0.844. The maximum atomic E-state index is 12.7. The molecule has 18 heavy (non-hydrogen) atoms. The van der Waals surface area contributed by atoms with E-state index in [0.717, 1.165) is 30.7 Å². The highest BCUT2D eigenvalue weighted by atomic mass is 19.3. The maximum absolute atomic E-state index is 12.7. The van der Waals surface area contributed by atoms with Crippen molar-refractivity contribution in [3.63, 3.8) is 0 Å². The predicted octanol–water partition coefficient (Wildman–Crippen LogP) is 0.471. The van der Waals surface area contributed by atoms with Crippen LogP contribution in [0.25, 0.3) is 5.65 Å². The van der Waals surface area contributed by atoms with E-state index in [9.17, 15) is 8.78 Å². The van der Waals surface area contributed by atoms with Crippen molar-refractivity contribution in [3.8, 4) is 0 Å². The molecule has 1 saturated heterocycles. The number of piperazine rings is 1. The Balaban J connectivity index is 2.00. The second-order valence-electron chi connectivity index (χ2n) is 4.06. The van der Waals surface area contributed by atoms with Crippen molar-refractivity contribution >= 4 is 11.5 Å². The van der Waals surface area contributed by atoms with Gasteiger partial charge in [0.05, 0.1) is 0 Å². The van der Waals surface area contributed by atoms with Crippen LogP contribution in [0.2, 0.25) is 0 Å². The van der Waals surface area contributed by atoms with E-state index in [4.69, 9.17) is 0 Å². The fourth-order valence-electron chi connectivity index (χ4n) is 1.99. The fraction of sp³-hybridized carbons (Fsp3) is 0.500. The van der Waals surface area contributed by atoms with Crippen LogP contribution < -0.4 is 10.2 Å². The summed E-state index contributed by atoms with van der Waals surface area (Å²) in [6, 6.07) is 3.44. The summed E-state index contributed by atoms with van der Waals surface area (Å²) in [6.45, 7) is 3.35. The SMILES string of the molecule is FC(F)c1nnc2ccc(N3CCNCC3)nn12. The van der Waals surface area contributed by atoms with Crippen molar-refractivity contribution in [1.82, 2.24) is 25.1 Å². The average molecular weight is 254 g/mol. The van der Waals surface area contributed by atoms with Gasteiger partial charge in [0.2, 0.25) is 5.82 Å². The second kappa shape index (κ2) is 4.45. The molecule has 8 heteroatoms. The molecule has 2 aromatic rings. The Morgan fingerprint density at radius 3 is 2.67 bits per heavy atom. The molecule has 3 rings (SSSR count). The number of aromatic nitrogens is 4. The third kappa shape index (κ3) is 1.88. The van der Waals surface area contributed by atoms with Crippen molar-refractivity contribution in [2.45, 2.75) is 6.43 Å². The number of fused-ring (bicyclic) bond motifs is 1. The summed E-state index contributed by atoms with van der Waals surface area (Å²) in [5, 5.41) is 14.5. The first-order chi connectivity index (χ1) is 8.75. The molecule has 0 aliphatic carbocycles. The molecule has 3 heterocycles. The molecule has 1 N–H and O–H groups in total. The highest BCUT2D eigenvalue weighted by Gasteiger charge is 2.18. The molecule has 0 radical (unpaired) electrons. The normalized spacial score (nSPS) is 16.7. The molecule has 2 aromatic heterocycles. The summed E-state index contributed by atoms with van der Waals surface area (Å²) < 4.78 is 26.5. The number of hydrogen-bond donors (Lipinski definition) is 1. The topological polar surface area (TPSA) is 58.4 Å². The van der Waals surface area contributed by atoms with Crippen LogP contribution >= 0.6 is 0 Å². The van der Waals surface area contributed by atoms with Gasteiger partial charge in [0, 0.05) is 26.2 Å². The molecule has 0 spiro atoms. The van der Waals surface area contributed by atoms with Gasteiger partial charge in [-0.25, -0.2) is 8.78 Å². The van der Waals surface area contributed by atoms with Gasteiger partial charge < -0.3 is 10.2 Å². The van der Waals surface area contributed by atoms with Crippen molar-refractivity contribution in [2.75, 3.05) is 31.1 Å². The van der Waals surface area contributed by atoms with E-state index in [0.29, 0.717) is 11.5 Å². The zero-order chi connectivity index (χ0) is 12.5. The minimum absolute atomic E-state index is 0.337. The lowest BCUT2D eigenvalue weighted by Gasteiger charge is -2.28. The summed E-state index contributed by atoms with van der Waals surface area (Å²) in [5.41, 5.74) is 0.337. The third-order valence-corrected chi connectivity index (χ3v) is 2.91. The molecule has 1 fully saturated rings. The van der Waals surface area contributed by atoms with E-state index in [-0.39, 0.29) is 0 Å². The molecule has 0 amide bonds. The van der Waals surface area contributed by atoms with Gasteiger partial charge in [0.15, 0.2) is 5.65 Å². The van der Waals surface area contributed by atoms with Crippen LogP contribution in [0.5, 0.6) is 0 Å². The standard InChI is InChI=1S/C10H12F2N6/c11-9(12)10-15-14-7-1-2-8(16-18(7)10)17-5-3-13-4-6-17/h1-2,9,13H,3-6H2. The lowest BCUT2D eigenvalue weighted by Crippen LogP contribution is -2.44. The van der Waals surface area contributed by atoms with E-state index in [1.807, 2.05) is 4.90 Å². The van der Waals surface area contributed by atoms with Crippen molar-refractivity contribution in [2.24, 2.45) is 0 Å². The zero-order valence-electron chi connectivity index (χ0n) is 9.55. The Kier molecular flexibility index (Phi) is 2.78. The van der Waals surface area contributed by atoms with Gasteiger partial charge in [-0.15, -0.1) is 15.3 Å². The predicted molar refractivity (Wildman–Crippen MR) is 60.8 cm³/mol. The third-order valence-electron chi connectivity index (χ3n) is 2.91. The van der Waals surface area contributed by atoms with Gasteiger partial charge in [0.25, 0.3) is 6.43 Å². The monoisotopic (exact) mass is 254 g/mol. The summed E-state index contributed by atoms with van der Waals surface area (Å²) in [6.07, 6.45) is -2.68. The van der Waals surface area contributed by atoms with Crippen molar-refractivity contribution in [3.05, 3.63) is 18.0 Å². The summed E-state index contributed by atoms with van der Waals surface area (Å²) >= 11 is 0. The lowest BCUT2D eigenvalue weighted by atomic mass is 10.3. The molecule has 0 bridgehead atoms. The smallest absolute Gasteiger partial charge is 0.299 e. The summed E-state index contributed by atoms with van der Waals surface area (Å²) in [7, 11) is 0. The Morgan fingerprint density at radius 2 is 1.94 bits per heavy atom. The van der Waals surface area contributed by atoms with Crippen LogP contribution in [0.15, 0.2) is 12.1 Å². The second-order valence-corrected chi connectivity index (χ2v) is 4.06. The first-order valence-corrected chi connectivity index (χ1v) is 5.72.